The number of nitrogens with zero attached hydrogens (tertiary/aromatic N) is 1. The van der Waals surface area contributed by atoms with E-state index in [0.717, 1.165) is 10.8 Å². The van der Waals surface area contributed by atoms with E-state index in [4.69, 9.17) is 4.74 Å². The molecule has 0 aliphatic carbocycles. The number of methoxy groups -OCH3 is 1. The summed E-state index contributed by atoms with van der Waals surface area (Å²) < 4.78 is 5.03. The number of hydrogen-bond acceptors (Lipinski definition) is 6. The quantitative estimate of drug-likeness (QED) is 0.919. The summed E-state index contributed by atoms with van der Waals surface area (Å²) in [5.74, 6) is 0.0838. The molecule has 1 aliphatic rings. The molecule has 4 nitrogen and oxygen atoms in total. The van der Waals surface area contributed by atoms with E-state index in [1.165, 1.54) is 11.3 Å². The summed E-state index contributed by atoms with van der Waals surface area (Å²) in [5.41, 5.74) is 0.548. The molecule has 1 fully saturated rings. The van der Waals surface area contributed by atoms with Crippen LogP contribution in [0.25, 0.3) is 0 Å². The fourth-order valence-corrected chi connectivity index (χ4v) is 5.92. The molecule has 1 aliphatic heterocycles. The van der Waals surface area contributed by atoms with Crippen molar-refractivity contribution >= 4 is 40.8 Å². The van der Waals surface area contributed by atoms with Gasteiger partial charge in [0.1, 0.15) is 9.88 Å². The molecule has 2 rings (SSSR count). The number of aromatic carboxylic acids is 1. The third kappa shape index (κ3) is 3.45. The maximum atomic E-state index is 11.2. The summed E-state index contributed by atoms with van der Waals surface area (Å²) in [6, 6.07) is 0. The minimum Gasteiger partial charge on any atom is -0.477 e. The van der Waals surface area contributed by atoms with Crippen LogP contribution >= 0.6 is 34.9 Å². The molecule has 3 unspecified atom stereocenters. The summed E-state index contributed by atoms with van der Waals surface area (Å²) >= 11 is 5.12. The standard InChI is InChI=1S/C12H17NO3S3/c1-6-7(2)18-9(5-17-6)11-13-8(4-16-3)10(19-11)12(14)15/h6-7,9H,4-5H2,1-3H3,(H,14,15). The number of rotatable bonds is 4. The van der Waals surface area contributed by atoms with Gasteiger partial charge in [-0.1, -0.05) is 13.8 Å². The van der Waals surface area contributed by atoms with Gasteiger partial charge < -0.3 is 9.84 Å². The highest BCUT2D eigenvalue weighted by molar-refractivity contribution is 8.07. The third-order valence-corrected chi connectivity index (χ3v) is 7.76. The average Bonchev–Trinajstić information content (AvgIpc) is 2.77. The number of ether oxygens (including phenoxy) is 1. The van der Waals surface area contributed by atoms with E-state index >= 15 is 0 Å². The normalized spacial score (nSPS) is 27.4. The Morgan fingerprint density at radius 3 is 2.79 bits per heavy atom. The molecule has 19 heavy (non-hydrogen) atoms. The Labute approximate surface area is 125 Å². The van der Waals surface area contributed by atoms with Crippen molar-refractivity contribution < 1.29 is 14.6 Å². The number of thiazole rings is 1. The zero-order valence-electron chi connectivity index (χ0n) is 11.1. The second kappa shape index (κ2) is 6.47. The number of thioether (sulfide) groups is 2. The Morgan fingerprint density at radius 1 is 1.47 bits per heavy atom. The summed E-state index contributed by atoms with van der Waals surface area (Å²) in [4.78, 5) is 16.0. The minimum atomic E-state index is -0.911. The first-order valence-electron chi connectivity index (χ1n) is 6.01. The van der Waals surface area contributed by atoms with Crippen molar-refractivity contribution in [3.05, 3.63) is 15.6 Å². The molecule has 0 amide bonds. The maximum absolute atomic E-state index is 11.2. The molecule has 0 bridgehead atoms. The molecule has 0 radical (unpaired) electrons. The number of hydrogen-bond donors (Lipinski definition) is 1. The van der Waals surface area contributed by atoms with Gasteiger partial charge in [0.2, 0.25) is 0 Å². The van der Waals surface area contributed by atoms with Crippen molar-refractivity contribution in [2.45, 2.75) is 36.2 Å². The van der Waals surface area contributed by atoms with Crippen LogP contribution in [0.5, 0.6) is 0 Å². The molecule has 1 N–H and O–H groups in total. The third-order valence-electron chi connectivity index (χ3n) is 3.02. The largest absolute Gasteiger partial charge is 0.477 e. The average molecular weight is 319 g/mol. The lowest BCUT2D eigenvalue weighted by molar-refractivity contribution is 0.0697. The number of aromatic nitrogens is 1. The van der Waals surface area contributed by atoms with Crippen LogP contribution in [-0.2, 0) is 11.3 Å². The van der Waals surface area contributed by atoms with Crippen molar-refractivity contribution in [2.24, 2.45) is 0 Å². The van der Waals surface area contributed by atoms with Gasteiger partial charge >= 0.3 is 5.97 Å². The van der Waals surface area contributed by atoms with E-state index in [2.05, 4.69) is 18.8 Å². The van der Waals surface area contributed by atoms with Gasteiger partial charge in [0, 0.05) is 23.4 Å². The predicted molar refractivity (Wildman–Crippen MR) is 81.5 cm³/mol. The van der Waals surface area contributed by atoms with Crippen LogP contribution < -0.4 is 0 Å². The second-order valence-corrected chi connectivity index (χ2v) is 8.46. The monoisotopic (exact) mass is 319 g/mol. The van der Waals surface area contributed by atoms with Gasteiger partial charge in [-0.05, 0) is 0 Å². The van der Waals surface area contributed by atoms with Crippen molar-refractivity contribution in [2.75, 3.05) is 12.9 Å². The Hall–Kier alpha value is -0.240. The summed E-state index contributed by atoms with van der Waals surface area (Å²) in [7, 11) is 1.56. The van der Waals surface area contributed by atoms with Crippen molar-refractivity contribution in [3.8, 4) is 0 Å². The van der Waals surface area contributed by atoms with Crippen LogP contribution in [0.1, 0.15) is 39.5 Å². The van der Waals surface area contributed by atoms with E-state index in [1.54, 1.807) is 7.11 Å². The fourth-order valence-electron chi connectivity index (χ4n) is 1.82. The lowest BCUT2D eigenvalue weighted by Gasteiger charge is -2.30. The maximum Gasteiger partial charge on any atom is 0.347 e. The lowest BCUT2D eigenvalue weighted by atomic mass is 10.3. The first-order valence-corrected chi connectivity index (χ1v) is 8.82. The molecule has 0 saturated carbocycles. The van der Waals surface area contributed by atoms with Crippen LogP contribution in [0, 0.1) is 0 Å². The molecule has 1 aromatic rings. The summed E-state index contributed by atoms with van der Waals surface area (Å²) in [6.07, 6.45) is 0. The van der Waals surface area contributed by atoms with Crippen molar-refractivity contribution in [1.29, 1.82) is 0 Å². The molecule has 0 aromatic carbocycles. The molecule has 106 valence electrons. The van der Waals surface area contributed by atoms with E-state index in [9.17, 15) is 9.90 Å². The lowest BCUT2D eigenvalue weighted by Crippen LogP contribution is -2.21. The van der Waals surface area contributed by atoms with Crippen molar-refractivity contribution in [1.82, 2.24) is 4.98 Å². The number of carboxylic acids is 1. The molecular weight excluding hydrogens is 302 g/mol. The molecule has 0 spiro atoms. The van der Waals surface area contributed by atoms with E-state index in [0.29, 0.717) is 26.3 Å². The van der Waals surface area contributed by atoms with Crippen LogP contribution in [0.3, 0.4) is 0 Å². The van der Waals surface area contributed by atoms with Crippen LogP contribution in [0.4, 0.5) is 0 Å². The Morgan fingerprint density at radius 2 is 2.21 bits per heavy atom. The molecule has 1 aromatic heterocycles. The molecule has 7 heteroatoms. The molecule has 1 saturated heterocycles. The van der Waals surface area contributed by atoms with Gasteiger partial charge in [-0.2, -0.15) is 11.8 Å². The van der Waals surface area contributed by atoms with Gasteiger partial charge in [0.25, 0.3) is 0 Å². The predicted octanol–water partition coefficient (Wildman–Crippen LogP) is 3.29. The molecule has 3 atom stereocenters. The van der Waals surface area contributed by atoms with E-state index < -0.39 is 5.97 Å². The van der Waals surface area contributed by atoms with Gasteiger partial charge in [-0.15, -0.1) is 23.1 Å². The number of carboxylic acid groups (broad SMARTS) is 1. The second-order valence-electron chi connectivity index (χ2n) is 4.43. The fraction of sp³-hybridized carbons (Fsp3) is 0.667. The first kappa shape index (κ1) is 15.2. The topological polar surface area (TPSA) is 59.4 Å². The zero-order chi connectivity index (χ0) is 14.0. The number of carbonyl (C=O) groups is 1. The SMILES string of the molecule is COCc1nc(C2CSC(C)C(C)S2)sc1C(=O)O. The van der Waals surface area contributed by atoms with Gasteiger partial charge in [-0.25, -0.2) is 9.78 Å². The highest BCUT2D eigenvalue weighted by Gasteiger charge is 2.30. The van der Waals surface area contributed by atoms with E-state index in [1.807, 2.05) is 23.5 Å². The zero-order valence-corrected chi connectivity index (χ0v) is 13.5. The Bertz CT molecular complexity index is 463. The van der Waals surface area contributed by atoms with Crippen LogP contribution in [0.2, 0.25) is 0 Å². The van der Waals surface area contributed by atoms with E-state index in [-0.39, 0.29) is 6.61 Å². The van der Waals surface area contributed by atoms with Gasteiger partial charge in [-0.3, -0.25) is 0 Å². The minimum absolute atomic E-state index is 0.259. The molecule has 2 heterocycles. The van der Waals surface area contributed by atoms with Gasteiger partial charge in [0.15, 0.2) is 0 Å². The highest BCUT2D eigenvalue weighted by atomic mass is 32.2. The van der Waals surface area contributed by atoms with Crippen LogP contribution in [-0.4, -0.2) is 39.4 Å². The Kier molecular flexibility index (Phi) is 5.16. The smallest absolute Gasteiger partial charge is 0.347 e. The Balaban J connectivity index is 2.20. The summed E-state index contributed by atoms with van der Waals surface area (Å²) in [5, 5.41) is 11.6. The van der Waals surface area contributed by atoms with Gasteiger partial charge in [0.05, 0.1) is 17.6 Å². The van der Waals surface area contributed by atoms with Crippen LogP contribution in [0.15, 0.2) is 0 Å². The highest BCUT2D eigenvalue weighted by Crippen LogP contribution is 2.45. The first-order chi connectivity index (χ1) is 9.02. The summed E-state index contributed by atoms with van der Waals surface area (Å²) in [6.45, 7) is 4.71. The van der Waals surface area contributed by atoms with Crippen molar-refractivity contribution in [3.63, 3.8) is 0 Å². The molecular formula is C12H17NO3S3.